The topological polar surface area (TPSA) is 34.0 Å². The van der Waals surface area contributed by atoms with Crippen LogP contribution in [0.1, 0.15) is 0 Å². The van der Waals surface area contributed by atoms with Crippen molar-refractivity contribution in [3.8, 4) is 0 Å². The van der Waals surface area contributed by atoms with Crippen LogP contribution in [-0.4, -0.2) is 11.1 Å². The number of halogens is 2. The lowest BCUT2D eigenvalue weighted by atomic mass is 10.3. The zero-order valence-corrected chi connectivity index (χ0v) is 9.57. The number of hydrogen-bond acceptors (Lipinski definition) is 2. The van der Waals surface area contributed by atoms with Gasteiger partial charge in [0, 0.05) is 37.1 Å². The van der Waals surface area contributed by atoms with E-state index in [-0.39, 0.29) is 5.56 Å². The first-order chi connectivity index (χ1) is 8.65. The molecule has 5 heteroatoms. The minimum absolute atomic E-state index is 0.107. The van der Waals surface area contributed by atoms with Crippen molar-refractivity contribution in [2.75, 3.05) is 11.9 Å². The Kier molecular flexibility index (Phi) is 3.72. The predicted molar refractivity (Wildman–Crippen MR) is 65.5 cm³/mol. The molecule has 3 nitrogen and oxygen atoms in total. The van der Waals surface area contributed by atoms with Crippen molar-refractivity contribution in [2.24, 2.45) is 0 Å². The number of aromatic nitrogens is 1. The van der Waals surface area contributed by atoms with E-state index in [1.54, 1.807) is 18.3 Å². The van der Waals surface area contributed by atoms with Gasteiger partial charge in [-0.1, -0.05) is 6.07 Å². The number of rotatable bonds is 4. The summed E-state index contributed by atoms with van der Waals surface area (Å²) < 4.78 is 27.3. The third-order valence-electron chi connectivity index (χ3n) is 2.44. The lowest BCUT2D eigenvalue weighted by Crippen LogP contribution is -2.22. The van der Waals surface area contributed by atoms with Crippen molar-refractivity contribution in [3.63, 3.8) is 0 Å². The maximum absolute atomic E-state index is 12.9. The van der Waals surface area contributed by atoms with Gasteiger partial charge in [-0.05, 0) is 18.2 Å². The molecule has 0 saturated carbocycles. The Morgan fingerprint density at radius 1 is 1.11 bits per heavy atom. The average molecular weight is 250 g/mol. The SMILES string of the molecule is O=c1ccccn1CCNc1cc(F)cc(F)c1. The van der Waals surface area contributed by atoms with Crippen LogP contribution >= 0.6 is 0 Å². The second-order valence-corrected chi connectivity index (χ2v) is 3.82. The number of anilines is 1. The first kappa shape index (κ1) is 12.3. The van der Waals surface area contributed by atoms with Gasteiger partial charge in [-0.25, -0.2) is 8.78 Å². The smallest absolute Gasteiger partial charge is 0.250 e. The number of pyridine rings is 1. The van der Waals surface area contributed by atoms with Gasteiger partial charge in [0.1, 0.15) is 11.6 Å². The monoisotopic (exact) mass is 250 g/mol. The van der Waals surface area contributed by atoms with Gasteiger partial charge >= 0.3 is 0 Å². The van der Waals surface area contributed by atoms with Crippen molar-refractivity contribution >= 4 is 5.69 Å². The molecule has 0 aliphatic carbocycles. The maximum atomic E-state index is 12.9. The van der Waals surface area contributed by atoms with Gasteiger partial charge in [0.05, 0.1) is 0 Å². The molecule has 0 unspecified atom stereocenters. The van der Waals surface area contributed by atoms with E-state index < -0.39 is 11.6 Å². The van der Waals surface area contributed by atoms with Crippen LogP contribution in [0, 0.1) is 11.6 Å². The molecule has 2 rings (SSSR count). The second-order valence-electron chi connectivity index (χ2n) is 3.82. The van der Waals surface area contributed by atoms with Gasteiger partial charge in [0.2, 0.25) is 0 Å². The molecule has 94 valence electrons. The van der Waals surface area contributed by atoms with E-state index in [2.05, 4.69) is 5.32 Å². The normalized spacial score (nSPS) is 10.3. The van der Waals surface area contributed by atoms with Crippen molar-refractivity contribution in [2.45, 2.75) is 6.54 Å². The minimum Gasteiger partial charge on any atom is -0.383 e. The lowest BCUT2D eigenvalue weighted by molar-refractivity contribution is 0.583. The van der Waals surface area contributed by atoms with Crippen molar-refractivity contribution < 1.29 is 8.78 Å². The van der Waals surface area contributed by atoms with Crippen molar-refractivity contribution in [3.05, 3.63) is 64.6 Å². The first-order valence-electron chi connectivity index (χ1n) is 5.50. The summed E-state index contributed by atoms with van der Waals surface area (Å²) in [6, 6.07) is 8.10. The Balaban J connectivity index is 1.96. The molecule has 0 aliphatic heterocycles. The minimum atomic E-state index is -0.630. The third-order valence-corrected chi connectivity index (χ3v) is 2.44. The summed E-state index contributed by atoms with van der Waals surface area (Å²) in [5, 5.41) is 2.86. The van der Waals surface area contributed by atoms with E-state index in [4.69, 9.17) is 0 Å². The van der Waals surface area contributed by atoms with Gasteiger partial charge < -0.3 is 9.88 Å². The Labute approximate surface area is 103 Å². The molecule has 0 spiro atoms. The van der Waals surface area contributed by atoms with Gasteiger partial charge in [-0.15, -0.1) is 0 Å². The second kappa shape index (κ2) is 5.44. The predicted octanol–water partition coefficient (Wildman–Crippen LogP) is 2.24. The Morgan fingerprint density at radius 2 is 1.83 bits per heavy atom. The summed E-state index contributed by atoms with van der Waals surface area (Å²) in [5.74, 6) is -1.26. The van der Waals surface area contributed by atoms with Crippen LogP contribution in [0.3, 0.4) is 0 Å². The summed E-state index contributed by atoms with van der Waals surface area (Å²) in [7, 11) is 0. The Bertz CT molecular complexity index is 575. The molecular weight excluding hydrogens is 238 g/mol. The molecule has 1 aromatic carbocycles. The summed E-state index contributed by atoms with van der Waals surface area (Å²) in [4.78, 5) is 11.4. The Hall–Kier alpha value is -2.17. The van der Waals surface area contributed by atoms with E-state index in [1.807, 2.05) is 0 Å². The molecule has 0 fully saturated rings. The molecule has 0 radical (unpaired) electrons. The number of hydrogen-bond donors (Lipinski definition) is 1. The standard InChI is InChI=1S/C13H12F2N2O/c14-10-7-11(15)9-12(8-10)16-4-6-17-5-2-1-3-13(17)18/h1-3,5,7-9,16H,4,6H2. The van der Waals surface area contributed by atoms with Crippen LogP contribution in [-0.2, 0) is 6.54 Å². The highest BCUT2D eigenvalue weighted by Crippen LogP contribution is 2.12. The van der Waals surface area contributed by atoms with E-state index in [9.17, 15) is 13.6 Å². The quantitative estimate of drug-likeness (QED) is 0.903. The fourth-order valence-electron chi connectivity index (χ4n) is 1.62. The molecule has 0 atom stereocenters. The van der Waals surface area contributed by atoms with Crippen molar-refractivity contribution in [1.29, 1.82) is 0 Å². The van der Waals surface area contributed by atoms with Gasteiger partial charge in [-0.3, -0.25) is 4.79 Å². The highest BCUT2D eigenvalue weighted by molar-refractivity contribution is 5.43. The number of nitrogens with zero attached hydrogens (tertiary/aromatic N) is 1. The van der Waals surface area contributed by atoms with Crippen LogP contribution in [0.2, 0.25) is 0 Å². The molecule has 0 aliphatic rings. The molecular formula is C13H12F2N2O. The average Bonchev–Trinajstić information content (AvgIpc) is 2.30. The molecule has 0 amide bonds. The van der Waals surface area contributed by atoms with Crippen LogP contribution in [0.5, 0.6) is 0 Å². The zero-order valence-electron chi connectivity index (χ0n) is 9.57. The van der Waals surface area contributed by atoms with Crippen LogP contribution in [0.25, 0.3) is 0 Å². The molecule has 1 heterocycles. The molecule has 0 saturated heterocycles. The number of nitrogens with one attached hydrogen (secondary N) is 1. The molecule has 2 aromatic rings. The summed E-state index contributed by atoms with van der Waals surface area (Å²) in [6.07, 6.45) is 1.66. The van der Waals surface area contributed by atoms with Crippen LogP contribution in [0.4, 0.5) is 14.5 Å². The van der Waals surface area contributed by atoms with Crippen LogP contribution in [0.15, 0.2) is 47.4 Å². The van der Waals surface area contributed by atoms with E-state index in [0.717, 1.165) is 6.07 Å². The third kappa shape index (κ3) is 3.16. The lowest BCUT2D eigenvalue weighted by Gasteiger charge is -2.08. The molecule has 18 heavy (non-hydrogen) atoms. The summed E-state index contributed by atoms with van der Waals surface area (Å²) >= 11 is 0. The zero-order chi connectivity index (χ0) is 13.0. The van der Waals surface area contributed by atoms with E-state index >= 15 is 0 Å². The van der Waals surface area contributed by atoms with Gasteiger partial charge in [0.15, 0.2) is 0 Å². The Morgan fingerprint density at radius 3 is 2.50 bits per heavy atom. The molecule has 1 aromatic heterocycles. The summed E-state index contributed by atoms with van der Waals surface area (Å²) in [5.41, 5.74) is 0.251. The highest BCUT2D eigenvalue weighted by Gasteiger charge is 2.00. The summed E-state index contributed by atoms with van der Waals surface area (Å²) in [6.45, 7) is 0.838. The van der Waals surface area contributed by atoms with E-state index in [1.165, 1.54) is 22.8 Å². The molecule has 0 bridgehead atoms. The van der Waals surface area contributed by atoms with Crippen LogP contribution < -0.4 is 10.9 Å². The fraction of sp³-hybridized carbons (Fsp3) is 0.154. The number of benzene rings is 1. The van der Waals surface area contributed by atoms with Gasteiger partial charge in [0.25, 0.3) is 5.56 Å². The highest BCUT2D eigenvalue weighted by atomic mass is 19.1. The molecule has 1 N–H and O–H groups in total. The maximum Gasteiger partial charge on any atom is 0.250 e. The van der Waals surface area contributed by atoms with Gasteiger partial charge in [-0.2, -0.15) is 0 Å². The van der Waals surface area contributed by atoms with E-state index in [0.29, 0.717) is 18.8 Å². The largest absolute Gasteiger partial charge is 0.383 e. The van der Waals surface area contributed by atoms with Crippen molar-refractivity contribution in [1.82, 2.24) is 4.57 Å². The first-order valence-corrected chi connectivity index (χ1v) is 5.50. The fourth-order valence-corrected chi connectivity index (χ4v) is 1.62.